The molecular formula is C15H14BrClO2. The molecule has 0 aliphatic heterocycles. The van der Waals surface area contributed by atoms with Crippen LogP contribution in [-0.2, 0) is 12.5 Å². The Balaban J connectivity index is 2.09. The van der Waals surface area contributed by atoms with E-state index in [9.17, 15) is 0 Å². The highest BCUT2D eigenvalue weighted by Gasteiger charge is 2.04. The third kappa shape index (κ3) is 3.88. The molecule has 2 aromatic carbocycles. The number of alkyl halides is 1. The molecule has 0 saturated heterocycles. The molecule has 0 bridgehead atoms. The summed E-state index contributed by atoms with van der Waals surface area (Å²) in [5.41, 5.74) is 2.03. The lowest BCUT2D eigenvalue weighted by Crippen LogP contribution is -1.98. The topological polar surface area (TPSA) is 18.5 Å². The first-order valence-corrected chi connectivity index (χ1v) is 7.16. The van der Waals surface area contributed by atoms with E-state index in [1.165, 1.54) is 0 Å². The van der Waals surface area contributed by atoms with Gasteiger partial charge in [0.2, 0.25) is 0 Å². The number of methoxy groups -OCH3 is 1. The first-order valence-electron chi connectivity index (χ1n) is 5.83. The lowest BCUT2D eigenvalue weighted by molar-refractivity contribution is 0.303. The molecule has 19 heavy (non-hydrogen) atoms. The molecule has 2 rings (SSSR count). The van der Waals surface area contributed by atoms with Crippen LogP contribution in [0.25, 0.3) is 0 Å². The van der Waals surface area contributed by atoms with Gasteiger partial charge in [-0.15, -0.1) is 11.6 Å². The molecule has 0 fully saturated rings. The summed E-state index contributed by atoms with van der Waals surface area (Å²) in [6.07, 6.45) is 0. The van der Waals surface area contributed by atoms with Crippen molar-refractivity contribution in [3.05, 3.63) is 58.1 Å². The Bertz CT molecular complexity index is 558. The van der Waals surface area contributed by atoms with Gasteiger partial charge in [0.1, 0.15) is 18.1 Å². The van der Waals surface area contributed by atoms with Crippen LogP contribution >= 0.6 is 27.5 Å². The number of rotatable bonds is 5. The van der Waals surface area contributed by atoms with E-state index < -0.39 is 0 Å². The van der Waals surface area contributed by atoms with Crippen LogP contribution in [0.1, 0.15) is 11.1 Å². The van der Waals surface area contributed by atoms with Crippen molar-refractivity contribution in [1.82, 2.24) is 0 Å². The fraction of sp³-hybridized carbons (Fsp3) is 0.200. The van der Waals surface area contributed by atoms with Crippen molar-refractivity contribution in [3.8, 4) is 11.5 Å². The van der Waals surface area contributed by atoms with Crippen molar-refractivity contribution in [3.63, 3.8) is 0 Å². The van der Waals surface area contributed by atoms with E-state index in [0.717, 1.165) is 27.1 Å². The van der Waals surface area contributed by atoms with Crippen molar-refractivity contribution in [2.24, 2.45) is 0 Å². The van der Waals surface area contributed by atoms with Gasteiger partial charge in [0.25, 0.3) is 0 Å². The quantitative estimate of drug-likeness (QED) is 0.729. The molecule has 0 saturated carbocycles. The number of benzene rings is 2. The molecule has 0 N–H and O–H groups in total. The standard InChI is InChI=1S/C15H14BrClO2/c1-18-14-4-2-3-11(7-14)10-19-15-6-5-13(16)8-12(15)9-17/h2-8H,9-10H2,1H3. The molecule has 0 aromatic heterocycles. The van der Waals surface area contributed by atoms with Crippen LogP contribution in [0.2, 0.25) is 0 Å². The molecule has 0 spiro atoms. The van der Waals surface area contributed by atoms with E-state index in [2.05, 4.69) is 15.9 Å². The van der Waals surface area contributed by atoms with Gasteiger partial charge in [-0.3, -0.25) is 0 Å². The average molecular weight is 342 g/mol. The zero-order chi connectivity index (χ0) is 13.7. The first-order chi connectivity index (χ1) is 9.22. The molecule has 0 radical (unpaired) electrons. The van der Waals surface area contributed by atoms with E-state index in [0.29, 0.717) is 12.5 Å². The van der Waals surface area contributed by atoms with Gasteiger partial charge in [-0.1, -0.05) is 28.1 Å². The zero-order valence-corrected chi connectivity index (χ0v) is 12.9. The molecule has 2 nitrogen and oxygen atoms in total. The highest BCUT2D eigenvalue weighted by Crippen LogP contribution is 2.25. The van der Waals surface area contributed by atoms with E-state index in [4.69, 9.17) is 21.1 Å². The zero-order valence-electron chi connectivity index (χ0n) is 10.5. The summed E-state index contributed by atoms with van der Waals surface area (Å²) in [4.78, 5) is 0. The van der Waals surface area contributed by atoms with Crippen molar-refractivity contribution >= 4 is 27.5 Å². The molecule has 0 aliphatic carbocycles. The van der Waals surface area contributed by atoms with Crippen molar-refractivity contribution < 1.29 is 9.47 Å². The van der Waals surface area contributed by atoms with Crippen LogP contribution in [0, 0.1) is 0 Å². The SMILES string of the molecule is COc1cccc(COc2ccc(Br)cc2CCl)c1. The van der Waals surface area contributed by atoms with Crippen molar-refractivity contribution in [2.45, 2.75) is 12.5 Å². The van der Waals surface area contributed by atoms with E-state index in [-0.39, 0.29) is 0 Å². The Morgan fingerprint density at radius 3 is 2.74 bits per heavy atom. The summed E-state index contributed by atoms with van der Waals surface area (Å²) in [5.74, 6) is 2.06. The van der Waals surface area contributed by atoms with E-state index in [1.807, 2.05) is 42.5 Å². The number of halogens is 2. The molecule has 4 heteroatoms. The molecule has 0 heterocycles. The average Bonchev–Trinajstić information content (AvgIpc) is 2.46. The van der Waals surface area contributed by atoms with Crippen LogP contribution in [0.5, 0.6) is 11.5 Å². The minimum absolute atomic E-state index is 0.423. The van der Waals surface area contributed by atoms with Crippen LogP contribution in [0.4, 0.5) is 0 Å². The van der Waals surface area contributed by atoms with Crippen LogP contribution in [0.15, 0.2) is 46.9 Å². The van der Waals surface area contributed by atoms with Gasteiger partial charge in [-0.05, 0) is 35.9 Å². The normalized spacial score (nSPS) is 10.3. The summed E-state index contributed by atoms with van der Waals surface area (Å²) >= 11 is 9.33. The predicted octanol–water partition coefficient (Wildman–Crippen LogP) is 4.78. The summed E-state index contributed by atoms with van der Waals surface area (Å²) in [6.45, 7) is 0.489. The second kappa shape index (κ2) is 6.83. The van der Waals surface area contributed by atoms with Gasteiger partial charge in [0.05, 0.1) is 13.0 Å². The van der Waals surface area contributed by atoms with Gasteiger partial charge in [-0.2, -0.15) is 0 Å². The lowest BCUT2D eigenvalue weighted by atomic mass is 10.2. The molecule has 0 unspecified atom stereocenters. The number of hydrogen-bond acceptors (Lipinski definition) is 2. The smallest absolute Gasteiger partial charge is 0.124 e. The van der Waals surface area contributed by atoms with Crippen LogP contribution in [0.3, 0.4) is 0 Å². The van der Waals surface area contributed by atoms with E-state index in [1.54, 1.807) is 7.11 Å². The molecule has 100 valence electrons. The third-order valence-corrected chi connectivity index (χ3v) is 3.48. The lowest BCUT2D eigenvalue weighted by Gasteiger charge is -2.11. The number of ether oxygens (including phenoxy) is 2. The van der Waals surface area contributed by atoms with Gasteiger partial charge in [0, 0.05) is 10.0 Å². The Labute approximate surface area is 126 Å². The molecule has 0 amide bonds. The molecule has 2 aromatic rings. The Morgan fingerprint density at radius 1 is 1.16 bits per heavy atom. The summed E-state index contributed by atoms with van der Waals surface area (Å²) in [7, 11) is 1.65. The van der Waals surface area contributed by atoms with Gasteiger partial charge in [0.15, 0.2) is 0 Å². The largest absolute Gasteiger partial charge is 0.497 e. The predicted molar refractivity (Wildman–Crippen MR) is 81.0 cm³/mol. The second-order valence-corrected chi connectivity index (χ2v) is 5.21. The van der Waals surface area contributed by atoms with E-state index >= 15 is 0 Å². The van der Waals surface area contributed by atoms with Gasteiger partial charge >= 0.3 is 0 Å². The maximum absolute atomic E-state index is 5.91. The summed E-state index contributed by atoms with van der Waals surface area (Å²) in [5, 5.41) is 0. The van der Waals surface area contributed by atoms with Gasteiger partial charge < -0.3 is 9.47 Å². The second-order valence-electron chi connectivity index (χ2n) is 4.03. The van der Waals surface area contributed by atoms with Crippen molar-refractivity contribution in [2.75, 3.05) is 7.11 Å². The summed E-state index contributed by atoms with van der Waals surface area (Å²) in [6, 6.07) is 13.6. The Morgan fingerprint density at radius 2 is 2.00 bits per heavy atom. The maximum atomic E-state index is 5.91. The molecule has 0 atom stereocenters. The van der Waals surface area contributed by atoms with Crippen molar-refractivity contribution in [1.29, 1.82) is 0 Å². The highest BCUT2D eigenvalue weighted by atomic mass is 79.9. The number of hydrogen-bond donors (Lipinski definition) is 0. The summed E-state index contributed by atoms with van der Waals surface area (Å²) < 4.78 is 12.0. The molecular weight excluding hydrogens is 328 g/mol. The first kappa shape index (κ1) is 14.2. The Hall–Kier alpha value is -1.19. The molecule has 0 aliphatic rings. The third-order valence-electron chi connectivity index (χ3n) is 2.69. The maximum Gasteiger partial charge on any atom is 0.124 e. The monoisotopic (exact) mass is 340 g/mol. The minimum atomic E-state index is 0.423. The fourth-order valence-corrected chi connectivity index (χ4v) is 2.33. The Kier molecular flexibility index (Phi) is 5.11. The van der Waals surface area contributed by atoms with Crippen LogP contribution < -0.4 is 9.47 Å². The highest BCUT2D eigenvalue weighted by molar-refractivity contribution is 9.10. The minimum Gasteiger partial charge on any atom is -0.497 e. The van der Waals surface area contributed by atoms with Gasteiger partial charge in [-0.25, -0.2) is 0 Å². The van der Waals surface area contributed by atoms with Crippen LogP contribution in [-0.4, -0.2) is 7.11 Å². The fourth-order valence-electron chi connectivity index (χ4n) is 1.72.